The van der Waals surface area contributed by atoms with Gasteiger partial charge in [0.2, 0.25) is 10.0 Å². The van der Waals surface area contributed by atoms with Crippen LogP contribution < -0.4 is 19.9 Å². The summed E-state index contributed by atoms with van der Waals surface area (Å²) in [6.07, 6.45) is -3.42. The molecule has 1 aromatic rings. The maximum atomic E-state index is 12.8. The first-order chi connectivity index (χ1) is 8.81. The van der Waals surface area contributed by atoms with Crippen LogP contribution in [0.2, 0.25) is 0 Å². The molecule has 2 rings (SSSR count). The Hall–Kier alpha value is -1.61. The Bertz CT molecular complexity index is 577. The van der Waals surface area contributed by atoms with E-state index in [0.717, 1.165) is 6.07 Å². The topological polar surface area (TPSA) is 90.7 Å². The van der Waals surface area contributed by atoms with E-state index >= 15 is 0 Å². The van der Waals surface area contributed by atoms with Crippen molar-refractivity contribution >= 4 is 15.7 Å². The first-order valence-corrected chi connectivity index (χ1v) is 7.07. The molecule has 0 radical (unpaired) electrons. The largest absolute Gasteiger partial charge is 0.586 e. The molecule has 1 aliphatic heterocycles. The highest BCUT2D eigenvalue weighted by Crippen LogP contribution is 2.42. The lowest BCUT2D eigenvalue weighted by molar-refractivity contribution is -0.286. The van der Waals surface area contributed by atoms with E-state index in [0.29, 0.717) is 6.42 Å². The van der Waals surface area contributed by atoms with Crippen molar-refractivity contribution in [3.63, 3.8) is 0 Å². The van der Waals surface area contributed by atoms with Gasteiger partial charge in [-0.2, -0.15) is 0 Å². The third kappa shape index (κ3) is 3.44. The number of nitrogens with two attached hydrogens (primary N) is 1. The van der Waals surface area contributed by atoms with E-state index in [1.165, 1.54) is 12.1 Å². The predicted molar refractivity (Wildman–Crippen MR) is 63.7 cm³/mol. The Kier molecular flexibility index (Phi) is 3.50. The molecule has 0 unspecified atom stereocenters. The predicted octanol–water partition coefficient (Wildman–Crippen LogP) is 1.10. The first kappa shape index (κ1) is 13.8. The smallest absolute Gasteiger partial charge is 0.395 e. The molecule has 1 heterocycles. The molecule has 0 bridgehead atoms. The van der Waals surface area contributed by atoms with Crippen molar-refractivity contribution in [3.8, 4) is 11.5 Å². The number of nitrogens with one attached hydrogen (secondary N) is 1. The maximum Gasteiger partial charge on any atom is 0.586 e. The van der Waals surface area contributed by atoms with E-state index in [1.54, 1.807) is 0 Å². The number of rotatable bonds is 5. The number of alkyl halides is 2. The molecule has 0 spiro atoms. The van der Waals surface area contributed by atoms with Gasteiger partial charge in [0.25, 0.3) is 0 Å². The zero-order valence-electron chi connectivity index (χ0n) is 9.73. The monoisotopic (exact) mass is 294 g/mol. The van der Waals surface area contributed by atoms with Crippen LogP contribution in [0.1, 0.15) is 6.42 Å². The summed E-state index contributed by atoms with van der Waals surface area (Å²) in [5.41, 5.74) is 5.34. The highest BCUT2D eigenvalue weighted by atomic mass is 32.2. The minimum absolute atomic E-state index is 0.122. The van der Waals surface area contributed by atoms with Crippen molar-refractivity contribution in [2.75, 3.05) is 17.0 Å². The summed E-state index contributed by atoms with van der Waals surface area (Å²) in [6.45, 7) is 0.244. The van der Waals surface area contributed by atoms with Crippen LogP contribution in [0.5, 0.6) is 11.5 Å². The lowest BCUT2D eigenvalue weighted by atomic mass is 10.3. The summed E-state index contributed by atoms with van der Waals surface area (Å²) in [6, 6.07) is 3.65. The van der Waals surface area contributed by atoms with Crippen molar-refractivity contribution in [1.82, 2.24) is 0 Å². The van der Waals surface area contributed by atoms with Gasteiger partial charge in [-0.3, -0.25) is 4.72 Å². The number of benzene rings is 1. The molecule has 3 N–H and O–H groups in total. The highest BCUT2D eigenvalue weighted by Gasteiger charge is 2.43. The molecule has 0 aliphatic carbocycles. The molecule has 106 valence electrons. The van der Waals surface area contributed by atoms with Crippen LogP contribution in [0, 0.1) is 0 Å². The zero-order chi connectivity index (χ0) is 14.1. The lowest BCUT2D eigenvalue weighted by Gasteiger charge is -2.07. The number of hydrogen-bond donors (Lipinski definition) is 2. The number of ether oxygens (including phenoxy) is 2. The van der Waals surface area contributed by atoms with Crippen molar-refractivity contribution in [1.29, 1.82) is 0 Å². The van der Waals surface area contributed by atoms with E-state index in [2.05, 4.69) is 14.2 Å². The van der Waals surface area contributed by atoms with Gasteiger partial charge in [0.15, 0.2) is 11.5 Å². The SMILES string of the molecule is NCCCS(=O)(=O)Nc1ccc2c(c1)OC(F)(F)O2. The summed E-state index contributed by atoms with van der Waals surface area (Å²) in [7, 11) is -3.56. The summed E-state index contributed by atoms with van der Waals surface area (Å²) in [5, 5.41) is 0. The van der Waals surface area contributed by atoms with Crippen LogP contribution in [0.4, 0.5) is 14.5 Å². The molecule has 0 saturated carbocycles. The Morgan fingerprint density at radius 3 is 2.63 bits per heavy atom. The summed E-state index contributed by atoms with van der Waals surface area (Å²) in [5.74, 6) is -0.507. The molecule has 19 heavy (non-hydrogen) atoms. The molecule has 9 heteroatoms. The molecule has 0 atom stereocenters. The Balaban J connectivity index is 2.12. The fraction of sp³-hybridized carbons (Fsp3) is 0.400. The van der Waals surface area contributed by atoms with Crippen LogP contribution in [-0.2, 0) is 10.0 Å². The number of fused-ring (bicyclic) bond motifs is 1. The average Bonchev–Trinajstić information content (AvgIpc) is 2.59. The summed E-state index contributed by atoms with van der Waals surface area (Å²) in [4.78, 5) is 0. The molecule has 0 amide bonds. The van der Waals surface area contributed by atoms with Gasteiger partial charge in [-0.05, 0) is 25.1 Å². The van der Waals surface area contributed by atoms with E-state index in [9.17, 15) is 17.2 Å². The number of sulfonamides is 1. The van der Waals surface area contributed by atoms with Gasteiger partial charge in [-0.1, -0.05) is 0 Å². The fourth-order valence-electron chi connectivity index (χ4n) is 1.52. The number of hydrogen-bond acceptors (Lipinski definition) is 5. The average molecular weight is 294 g/mol. The van der Waals surface area contributed by atoms with Crippen molar-refractivity contribution < 1.29 is 26.7 Å². The number of halogens is 2. The van der Waals surface area contributed by atoms with Crippen molar-refractivity contribution in [2.24, 2.45) is 5.73 Å². The van der Waals surface area contributed by atoms with Crippen LogP contribution in [0.3, 0.4) is 0 Å². The first-order valence-electron chi connectivity index (χ1n) is 5.42. The van der Waals surface area contributed by atoms with Crippen molar-refractivity contribution in [3.05, 3.63) is 18.2 Å². The van der Waals surface area contributed by atoms with Crippen LogP contribution in [0.25, 0.3) is 0 Å². The second-order valence-electron chi connectivity index (χ2n) is 3.89. The summed E-state index contributed by atoms with van der Waals surface area (Å²) >= 11 is 0. The Morgan fingerprint density at radius 2 is 1.95 bits per heavy atom. The molecular formula is C10H12F2N2O4S. The van der Waals surface area contributed by atoms with Gasteiger partial charge in [-0.25, -0.2) is 8.42 Å². The van der Waals surface area contributed by atoms with Gasteiger partial charge >= 0.3 is 6.29 Å². The molecule has 1 aromatic carbocycles. The fourth-order valence-corrected chi connectivity index (χ4v) is 2.65. The Morgan fingerprint density at radius 1 is 1.26 bits per heavy atom. The zero-order valence-corrected chi connectivity index (χ0v) is 10.5. The van der Waals surface area contributed by atoms with Crippen LogP contribution in [0.15, 0.2) is 18.2 Å². The third-order valence-electron chi connectivity index (χ3n) is 2.29. The van der Waals surface area contributed by atoms with E-state index in [-0.39, 0.29) is 29.5 Å². The Labute approximate surface area is 108 Å². The van der Waals surface area contributed by atoms with Gasteiger partial charge in [-0.15, -0.1) is 8.78 Å². The molecule has 6 nitrogen and oxygen atoms in total. The molecule has 0 aromatic heterocycles. The molecule has 1 aliphatic rings. The minimum atomic E-state index is -3.72. The van der Waals surface area contributed by atoms with E-state index in [1.807, 2.05) is 0 Å². The van der Waals surface area contributed by atoms with Crippen LogP contribution in [-0.4, -0.2) is 27.0 Å². The highest BCUT2D eigenvalue weighted by molar-refractivity contribution is 7.92. The summed E-state index contributed by atoms with van der Waals surface area (Å²) < 4.78 is 59.4. The number of anilines is 1. The third-order valence-corrected chi connectivity index (χ3v) is 3.66. The van der Waals surface area contributed by atoms with Gasteiger partial charge in [0.1, 0.15) is 0 Å². The molecular weight excluding hydrogens is 282 g/mol. The minimum Gasteiger partial charge on any atom is -0.395 e. The second kappa shape index (κ2) is 4.82. The van der Waals surface area contributed by atoms with Crippen LogP contribution >= 0.6 is 0 Å². The van der Waals surface area contributed by atoms with Gasteiger partial charge in [0.05, 0.1) is 11.4 Å². The van der Waals surface area contributed by atoms with E-state index < -0.39 is 16.3 Å². The standard InChI is InChI=1S/C10H12F2N2O4S/c11-10(12)17-8-3-2-7(6-9(8)18-10)14-19(15,16)5-1-4-13/h2-3,6,14H,1,4-5,13H2. The van der Waals surface area contributed by atoms with Gasteiger partial charge in [0, 0.05) is 6.07 Å². The quantitative estimate of drug-likeness (QED) is 0.848. The van der Waals surface area contributed by atoms with Crippen molar-refractivity contribution in [2.45, 2.75) is 12.7 Å². The molecule has 0 fully saturated rings. The molecule has 0 saturated heterocycles. The van der Waals surface area contributed by atoms with E-state index in [4.69, 9.17) is 5.73 Å². The maximum absolute atomic E-state index is 12.8. The second-order valence-corrected chi connectivity index (χ2v) is 5.73. The lowest BCUT2D eigenvalue weighted by Crippen LogP contribution is -2.25. The van der Waals surface area contributed by atoms with Gasteiger partial charge < -0.3 is 15.2 Å². The normalized spacial score (nSPS) is 16.4.